The average Bonchev–Trinajstić information content (AvgIpc) is 2.47. The minimum atomic E-state index is -1.02. The predicted molar refractivity (Wildman–Crippen MR) is 42.1 cm³/mol. The van der Waals surface area contributed by atoms with E-state index in [1.807, 2.05) is 12.2 Å². The topological polar surface area (TPSA) is 64.9 Å². The number of amidine groups is 1. The van der Waals surface area contributed by atoms with Gasteiger partial charge in [0.2, 0.25) is 5.84 Å². The molecule has 2 rings (SSSR count). The fraction of sp³-hybridized carbons (Fsp3) is 0.143. The summed E-state index contributed by atoms with van der Waals surface area (Å²) in [6.45, 7) is 0. The van der Waals surface area contributed by atoms with E-state index in [1.54, 1.807) is 17.2 Å². The maximum absolute atomic E-state index is 10.6. The van der Waals surface area contributed by atoms with Gasteiger partial charge in [0.25, 0.3) is 0 Å². The maximum atomic E-state index is 10.6. The number of aliphatic carboxylic acids is 1. The van der Waals surface area contributed by atoms with E-state index in [4.69, 9.17) is 5.11 Å². The highest BCUT2D eigenvalue weighted by Gasteiger charge is 2.29. The van der Waals surface area contributed by atoms with Gasteiger partial charge < -0.3 is 5.11 Å². The first-order valence-electron chi connectivity index (χ1n) is 3.49. The van der Waals surface area contributed by atoms with Crippen molar-refractivity contribution in [3.63, 3.8) is 0 Å². The lowest BCUT2D eigenvalue weighted by atomic mass is 10.3. The van der Waals surface area contributed by atoms with Gasteiger partial charge in [-0.2, -0.15) is 5.10 Å². The van der Waals surface area contributed by atoms with Gasteiger partial charge in [-0.3, -0.25) is 10.3 Å². The number of hydrazone groups is 1. The zero-order chi connectivity index (χ0) is 8.55. The summed E-state index contributed by atoms with van der Waals surface area (Å²) in [6.07, 6.45) is 6.98. The van der Waals surface area contributed by atoms with Gasteiger partial charge in [-0.1, -0.05) is 6.08 Å². The van der Waals surface area contributed by atoms with E-state index < -0.39 is 5.97 Å². The van der Waals surface area contributed by atoms with Crippen molar-refractivity contribution >= 4 is 11.8 Å². The van der Waals surface area contributed by atoms with Crippen molar-refractivity contribution in [3.8, 4) is 0 Å². The van der Waals surface area contributed by atoms with Crippen molar-refractivity contribution in [1.29, 1.82) is 0 Å². The molecule has 0 fully saturated rings. The predicted octanol–water partition coefficient (Wildman–Crippen LogP) is -0.301. The van der Waals surface area contributed by atoms with Crippen LogP contribution in [-0.4, -0.2) is 28.0 Å². The summed E-state index contributed by atoms with van der Waals surface area (Å²) >= 11 is 0. The molecular formula is C7H7N3O2. The van der Waals surface area contributed by atoms with Gasteiger partial charge in [-0.25, -0.2) is 4.79 Å². The molecule has 0 spiro atoms. The molecule has 0 aromatic carbocycles. The Morgan fingerprint density at radius 2 is 2.50 bits per heavy atom. The number of rotatable bonds is 1. The van der Waals surface area contributed by atoms with Crippen LogP contribution < -0.4 is 5.43 Å². The summed E-state index contributed by atoms with van der Waals surface area (Å²) in [6, 6.07) is 0. The van der Waals surface area contributed by atoms with Crippen molar-refractivity contribution in [1.82, 2.24) is 10.3 Å². The molecular weight excluding hydrogens is 158 g/mol. The van der Waals surface area contributed by atoms with Crippen LogP contribution >= 0.6 is 0 Å². The zero-order valence-corrected chi connectivity index (χ0v) is 6.14. The first-order chi connectivity index (χ1) is 5.79. The Bertz CT molecular complexity index is 306. The summed E-state index contributed by atoms with van der Waals surface area (Å²) in [5, 5.41) is 12.4. The molecule has 2 aliphatic rings. The summed E-state index contributed by atoms with van der Waals surface area (Å²) in [5.41, 5.74) is 2.68. The van der Waals surface area contributed by atoms with Crippen LogP contribution in [-0.2, 0) is 4.79 Å². The molecule has 0 unspecified atom stereocenters. The minimum Gasteiger partial charge on any atom is -0.475 e. The third-order valence-electron chi connectivity index (χ3n) is 1.69. The van der Waals surface area contributed by atoms with Crippen LogP contribution in [0.5, 0.6) is 0 Å². The highest BCUT2D eigenvalue weighted by Crippen LogP contribution is 2.11. The average molecular weight is 165 g/mol. The fourth-order valence-corrected chi connectivity index (χ4v) is 1.15. The molecule has 0 aliphatic carbocycles. The molecule has 12 heavy (non-hydrogen) atoms. The lowest BCUT2D eigenvalue weighted by Crippen LogP contribution is -2.38. The van der Waals surface area contributed by atoms with E-state index in [-0.39, 0.29) is 12.0 Å². The van der Waals surface area contributed by atoms with Gasteiger partial charge in [-0.05, 0) is 12.2 Å². The molecule has 5 nitrogen and oxygen atoms in total. The summed E-state index contributed by atoms with van der Waals surface area (Å²) < 4.78 is 0. The molecule has 0 bridgehead atoms. The van der Waals surface area contributed by atoms with Crippen LogP contribution in [0, 0.1) is 0 Å². The van der Waals surface area contributed by atoms with Crippen molar-refractivity contribution in [2.24, 2.45) is 5.10 Å². The van der Waals surface area contributed by atoms with E-state index in [0.29, 0.717) is 0 Å². The number of nitrogens with one attached hydrogen (secondary N) is 1. The number of hydrogen-bond donors (Lipinski definition) is 2. The van der Waals surface area contributed by atoms with Gasteiger partial charge >= 0.3 is 5.97 Å². The van der Waals surface area contributed by atoms with E-state index in [2.05, 4.69) is 10.5 Å². The van der Waals surface area contributed by atoms with Gasteiger partial charge in [0.1, 0.15) is 6.17 Å². The van der Waals surface area contributed by atoms with Crippen LogP contribution in [0.2, 0.25) is 0 Å². The van der Waals surface area contributed by atoms with Gasteiger partial charge in [0, 0.05) is 6.20 Å². The number of carboxylic acid groups (broad SMARTS) is 1. The molecule has 0 saturated heterocycles. The first-order valence-corrected chi connectivity index (χ1v) is 3.49. The molecule has 0 radical (unpaired) electrons. The van der Waals surface area contributed by atoms with E-state index in [1.165, 1.54) is 0 Å². The maximum Gasteiger partial charge on any atom is 0.373 e. The van der Waals surface area contributed by atoms with Crippen LogP contribution in [0.1, 0.15) is 0 Å². The highest BCUT2D eigenvalue weighted by atomic mass is 16.4. The Hall–Kier alpha value is -1.78. The number of allylic oxidation sites excluding steroid dienone is 2. The van der Waals surface area contributed by atoms with Gasteiger partial charge in [0.15, 0.2) is 0 Å². The van der Waals surface area contributed by atoms with Crippen LogP contribution in [0.25, 0.3) is 0 Å². The smallest absolute Gasteiger partial charge is 0.373 e. The molecule has 2 N–H and O–H groups in total. The largest absolute Gasteiger partial charge is 0.475 e. The molecule has 0 saturated carbocycles. The van der Waals surface area contributed by atoms with Crippen molar-refractivity contribution in [3.05, 3.63) is 24.4 Å². The van der Waals surface area contributed by atoms with Gasteiger partial charge in [-0.15, -0.1) is 0 Å². The van der Waals surface area contributed by atoms with Gasteiger partial charge in [0.05, 0.1) is 0 Å². The van der Waals surface area contributed by atoms with E-state index >= 15 is 0 Å². The Balaban J connectivity index is 2.26. The molecule has 2 heterocycles. The van der Waals surface area contributed by atoms with Crippen molar-refractivity contribution in [2.75, 3.05) is 0 Å². The lowest BCUT2D eigenvalue weighted by Gasteiger charge is -2.20. The molecule has 2 aliphatic heterocycles. The SMILES string of the molecule is O=C(O)C1=NN[C@H]2C=CC=CN12. The summed E-state index contributed by atoms with van der Waals surface area (Å²) in [4.78, 5) is 12.1. The second-order valence-corrected chi connectivity index (χ2v) is 2.45. The number of nitrogens with zero attached hydrogens (tertiary/aromatic N) is 2. The Morgan fingerprint density at radius 3 is 3.25 bits per heavy atom. The van der Waals surface area contributed by atoms with Crippen LogP contribution in [0.4, 0.5) is 0 Å². The first kappa shape index (κ1) is 6.90. The number of carboxylic acids is 1. The van der Waals surface area contributed by atoms with E-state index in [9.17, 15) is 4.79 Å². The van der Waals surface area contributed by atoms with Crippen LogP contribution in [0.3, 0.4) is 0 Å². The van der Waals surface area contributed by atoms with Crippen LogP contribution in [0.15, 0.2) is 29.5 Å². The Morgan fingerprint density at radius 1 is 1.67 bits per heavy atom. The summed E-state index contributed by atoms with van der Waals surface area (Å²) in [7, 11) is 0. The molecule has 1 atom stereocenters. The molecule has 0 aromatic rings. The number of carbonyl (C=O) groups is 1. The normalized spacial score (nSPS) is 24.8. The van der Waals surface area contributed by atoms with E-state index in [0.717, 1.165) is 0 Å². The second-order valence-electron chi connectivity index (χ2n) is 2.45. The number of fused-ring (bicyclic) bond motifs is 1. The van der Waals surface area contributed by atoms with Crippen molar-refractivity contribution < 1.29 is 9.90 Å². The highest BCUT2D eigenvalue weighted by molar-refractivity contribution is 6.35. The Kier molecular flexibility index (Phi) is 1.36. The molecule has 0 aromatic heterocycles. The lowest BCUT2D eigenvalue weighted by molar-refractivity contribution is -0.130. The third kappa shape index (κ3) is 0.868. The molecule has 0 amide bonds. The standard InChI is InChI=1S/C7H7N3O2/c11-7(12)6-9-8-5-3-1-2-4-10(5)6/h1-5,8H,(H,11,12)/t5-/m1/s1. The molecule has 62 valence electrons. The Labute approximate surface area is 68.7 Å². The summed E-state index contributed by atoms with van der Waals surface area (Å²) in [5.74, 6) is -0.995. The zero-order valence-electron chi connectivity index (χ0n) is 6.14. The quantitative estimate of drug-likeness (QED) is 0.559. The minimum absolute atomic E-state index is 0.0283. The third-order valence-corrected chi connectivity index (χ3v) is 1.69. The second kappa shape index (κ2) is 2.37. The molecule has 5 heteroatoms. The fourth-order valence-electron chi connectivity index (χ4n) is 1.15. The number of hydrogen-bond acceptors (Lipinski definition) is 4. The monoisotopic (exact) mass is 165 g/mol. The van der Waals surface area contributed by atoms with Crippen molar-refractivity contribution in [2.45, 2.75) is 6.17 Å².